The average Bonchev–Trinajstić information content (AvgIpc) is 2.61. The van der Waals surface area contributed by atoms with Crippen LogP contribution in [0.15, 0.2) is 30.3 Å². The van der Waals surface area contributed by atoms with Gasteiger partial charge in [0, 0.05) is 12.6 Å². The lowest BCUT2D eigenvalue weighted by atomic mass is 9.98. The number of aliphatic carboxylic acids is 1. The van der Waals surface area contributed by atoms with Gasteiger partial charge < -0.3 is 25.2 Å². The van der Waals surface area contributed by atoms with Crippen molar-refractivity contribution in [2.45, 2.75) is 58.8 Å². The largest absolute Gasteiger partial charge is 0.481 e. The first-order valence-corrected chi connectivity index (χ1v) is 9.27. The maximum atomic E-state index is 11.9. The highest BCUT2D eigenvalue weighted by atomic mass is 16.6. The number of rotatable bonds is 9. The van der Waals surface area contributed by atoms with Gasteiger partial charge in [-0.15, -0.1) is 0 Å². The zero-order chi connectivity index (χ0) is 21.2. The molecule has 0 aliphatic heterocycles. The second-order valence-corrected chi connectivity index (χ2v) is 7.46. The van der Waals surface area contributed by atoms with Crippen LogP contribution in [0.25, 0.3) is 0 Å². The summed E-state index contributed by atoms with van der Waals surface area (Å²) in [7, 11) is 0. The monoisotopic (exact) mass is 394 g/mol. The van der Waals surface area contributed by atoms with Crippen molar-refractivity contribution in [3.63, 3.8) is 0 Å². The topological polar surface area (TPSA) is 114 Å². The Kier molecular flexibility index (Phi) is 9.27. The van der Waals surface area contributed by atoms with E-state index in [2.05, 4.69) is 10.6 Å². The van der Waals surface area contributed by atoms with Crippen molar-refractivity contribution in [2.24, 2.45) is 5.92 Å². The van der Waals surface area contributed by atoms with Gasteiger partial charge in [0.15, 0.2) is 0 Å². The van der Waals surface area contributed by atoms with Crippen LogP contribution in [0.5, 0.6) is 0 Å². The van der Waals surface area contributed by atoms with Gasteiger partial charge in [0.2, 0.25) is 0 Å². The summed E-state index contributed by atoms with van der Waals surface area (Å²) in [6.45, 7) is 7.08. The molecule has 1 aromatic rings. The number of benzene rings is 1. The molecule has 1 aromatic carbocycles. The molecule has 0 saturated heterocycles. The molecule has 0 aliphatic carbocycles. The fourth-order valence-corrected chi connectivity index (χ4v) is 2.40. The quantitative estimate of drug-likeness (QED) is 0.592. The summed E-state index contributed by atoms with van der Waals surface area (Å²) in [5.41, 5.74) is 0.193. The number of nitrogens with one attached hydrogen (secondary N) is 2. The number of amides is 2. The van der Waals surface area contributed by atoms with Gasteiger partial charge in [0.1, 0.15) is 12.2 Å². The molecule has 0 bridgehead atoms. The summed E-state index contributed by atoms with van der Waals surface area (Å²) in [5.74, 6) is -1.93. The summed E-state index contributed by atoms with van der Waals surface area (Å²) in [6, 6.07) is 8.77. The number of carboxylic acid groups (broad SMARTS) is 1. The first kappa shape index (κ1) is 23.3. The third kappa shape index (κ3) is 9.80. The Labute approximate surface area is 165 Å². The Morgan fingerprint density at radius 2 is 1.75 bits per heavy atom. The minimum absolute atomic E-state index is 0.0994. The molecule has 28 heavy (non-hydrogen) atoms. The molecule has 1 rings (SSSR count). The molecule has 0 spiro atoms. The van der Waals surface area contributed by atoms with Gasteiger partial charge in [-0.05, 0) is 39.2 Å². The van der Waals surface area contributed by atoms with Crippen molar-refractivity contribution in [1.29, 1.82) is 0 Å². The van der Waals surface area contributed by atoms with E-state index >= 15 is 0 Å². The van der Waals surface area contributed by atoms with Crippen LogP contribution in [0.2, 0.25) is 0 Å². The molecule has 0 unspecified atom stereocenters. The zero-order valence-electron chi connectivity index (χ0n) is 16.9. The molecule has 8 heteroatoms. The van der Waals surface area contributed by atoms with E-state index in [0.717, 1.165) is 5.56 Å². The maximum Gasteiger partial charge on any atom is 0.407 e. The van der Waals surface area contributed by atoms with Crippen molar-refractivity contribution in [3.8, 4) is 0 Å². The Morgan fingerprint density at radius 3 is 2.29 bits per heavy atom. The van der Waals surface area contributed by atoms with E-state index in [1.54, 1.807) is 20.8 Å². The smallest absolute Gasteiger partial charge is 0.407 e. The minimum atomic E-state index is -1.06. The number of hydrogen-bond acceptors (Lipinski definition) is 5. The number of carboxylic acids is 1. The fraction of sp³-hybridized carbons (Fsp3) is 0.550. The maximum absolute atomic E-state index is 11.9. The highest BCUT2D eigenvalue weighted by Gasteiger charge is 2.25. The Balaban J connectivity index is 2.48. The Hall–Kier alpha value is -2.77. The van der Waals surface area contributed by atoms with Crippen LogP contribution in [0.1, 0.15) is 46.1 Å². The SMILES string of the molecule is CC[C@H](C[C@H](CNC(=O)OCc1ccccc1)C(=O)O)NC(=O)OC(C)(C)C. The second kappa shape index (κ2) is 11.2. The number of carbonyl (C=O) groups excluding carboxylic acids is 2. The molecule has 0 radical (unpaired) electrons. The predicted molar refractivity (Wildman–Crippen MR) is 104 cm³/mol. The fourth-order valence-electron chi connectivity index (χ4n) is 2.40. The Bertz CT molecular complexity index is 642. The molecular weight excluding hydrogens is 364 g/mol. The first-order valence-electron chi connectivity index (χ1n) is 9.27. The van der Waals surface area contributed by atoms with Gasteiger partial charge in [-0.25, -0.2) is 9.59 Å². The van der Waals surface area contributed by atoms with E-state index in [4.69, 9.17) is 9.47 Å². The van der Waals surface area contributed by atoms with Crippen LogP contribution in [0.3, 0.4) is 0 Å². The van der Waals surface area contributed by atoms with Crippen LogP contribution >= 0.6 is 0 Å². The van der Waals surface area contributed by atoms with E-state index < -0.39 is 35.7 Å². The summed E-state index contributed by atoms with van der Waals surface area (Å²) < 4.78 is 10.3. The lowest BCUT2D eigenvalue weighted by Crippen LogP contribution is -2.42. The van der Waals surface area contributed by atoms with E-state index in [0.29, 0.717) is 6.42 Å². The number of ether oxygens (including phenoxy) is 2. The summed E-state index contributed by atoms with van der Waals surface area (Å²) in [6.07, 6.45) is -0.604. The van der Waals surface area contributed by atoms with Crippen molar-refractivity contribution in [1.82, 2.24) is 10.6 Å². The van der Waals surface area contributed by atoms with Crippen LogP contribution in [0.4, 0.5) is 9.59 Å². The van der Waals surface area contributed by atoms with E-state index in [-0.39, 0.29) is 19.6 Å². The predicted octanol–water partition coefficient (Wildman–Crippen LogP) is 3.31. The van der Waals surface area contributed by atoms with Gasteiger partial charge in [-0.2, -0.15) is 0 Å². The molecule has 2 atom stereocenters. The normalized spacial score (nSPS) is 13.1. The Morgan fingerprint density at radius 1 is 1.11 bits per heavy atom. The second-order valence-electron chi connectivity index (χ2n) is 7.46. The minimum Gasteiger partial charge on any atom is -0.481 e. The lowest BCUT2D eigenvalue weighted by Gasteiger charge is -2.24. The van der Waals surface area contributed by atoms with Crippen LogP contribution in [-0.2, 0) is 20.9 Å². The summed E-state index contributed by atoms with van der Waals surface area (Å²) >= 11 is 0. The van der Waals surface area contributed by atoms with Crippen LogP contribution < -0.4 is 10.6 Å². The molecule has 0 heterocycles. The van der Waals surface area contributed by atoms with Gasteiger partial charge in [-0.1, -0.05) is 37.3 Å². The van der Waals surface area contributed by atoms with Gasteiger partial charge >= 0.3 is 18.2 Å². The third-order valence-corrected chi connectivity index (χ3v) is 3.84. The molecule has 156 valence electrons. The first-order chi connectivity index (χ1) is 13.1. The van der Waals surface area contributed by atoms with Crippen LogP contribution in [-0.4, -0.2) is 41.4 Å². The van der Waals surface area contributed by atoms with E-state index in [9.17, 15) is 19.5 Å². The van der Waals surface area contributed by atoms with Crippen molar-refractivity contribution in [3.05, 3.63) is 35.9 Å². The lowest BCUT2D eigenvalue weighted by molar-refractivity contribution is -0.142. The van der Waals surface area contributed by atoms with E-state index in [1.807, 2.05) is 37.3 Å². The average molecular weight is 394 g/mol. The molecule has 0 aliphatic rings. The molecular formula is C20H30N2O6. The van der Waals surface area contributed by atoms with Crippen LogP contribution in [0, 0.1) is 5.92 Å². The summed E-state index contributed by atoms with van der Waals surface area (Å²) in [5, 5.41) is 14.6. The highest BCUT2D eigenvalue weighted by Crippen LogP contribution is 2.12. The van der Waals surface area contributed by atoms with Crippen molar-refractivity contribution >= 4 is 18.2 Å². The molecule has 0 fully saturated rings. The van der Waals surface area contributed by atoms with Gasteiger partial charge in [0.25, 0.3) is 0 Å². The van der Waals surface area contributed by atoms with Crippen molar-refractivity contribution in [2.75, 3.05) is 6.54 Å². The van der Waals surface area contributed by atoms with E-state index in [1.165, 1.54) is 0 Å². The molecule has 0 aromatic heterocycles. The number of carbonyl (C=O) groups is 3. The van der Waals surface area contributed by atoms with Gasteiger partial charge in [0.05, 0.1) is 5.92 Å². The van der Waals surface area contributed by atoms with Gasteiger partial charge in [-0.3, -0.25) is 4.79 Å². The number of alkyl carbamates (subject to hydrolysis) is 2. The number of hydrogen-bond donors (Lipinski definition) is 3. The third-order valence-electron chi connectivity index (χ3n) is 3.84. The summed E-state index contributed by atoms with van der Waals surface area (Å²) in [4.78, 5) is 35.2. The standard InChI is InChI=1S/C20H30N2O6/c1-5-16(22-19(26)28-20(2,3)4)11-15(17(23)24)12-21-18(25)27-13-14-9-7-6-8-10-14/h6-10,15-16H,5,11-13H2,1-4H3,(H,21,25)(H,22,26)(H,23,24)/t15-,16-/m1/s1. The molecule has 2 amide bonds. The molecule has 8 nitrogen and oxygen atoms in total. The molecule has 0 saturated carbocycles. The zero-order valence-corrected chi connectivity index (χ0v) is 16.9. The highest BCUT2D eigenvalue weighted by molar-refractivity contribution is 5.73. The van der Waals surface area contributed by atoms with Crippen molar-refractivity contribution < 1.29 is 29.0 Å². The molecule has 3 N–H and O–H groups in total.